The number of oxazole rings is 1. The molecule has 4 rings (SSSR count). The van der Waals surface area contributed by atoms with Crippen molar-refractivity contribution in [1.82, 2.24) is 9.88 Å². The first kappa shape index (κ1) is 15.5. The first-order valence-corrected chi connectivity index (χ1v) is 8.70. The Bertz CT molecular complexity index is 776. The summed E-state index contributed by atoms with van der Waals surface area (Å²) in [6.07, 6.45) is 4.93. The van der Waals surface area contributed by atoms with Crippen molar-refractivity contribution in [3.63, 3.8) is 0 Å². The molecular weight excluding hydrogens is 326 g/mol. The molecule has 1 N–H and O–H groups in total. The van der Waals surface area contributed by atoms with Gasteiger partial charge >= 0.3 is 6.03 Å². The Kier molecular flexibility index (Phi) is 3.76. The van der Waals surface area contributed by atoms with Gasteiger partial charge in [0.2, 0.25) is 5.89 Å². The number of rotatable bonds is 2. The van der Waals surface area contributed by atoms with Gasteiger partial charge in [-0.3, -0.25) is 0 Å². The van der Waals surface area contributed by atoms with Gasteiger partial charge in [-0.1, -0.05) is 18.5 Å². The highest BCUT2D eigenvalue weighted by Gasteiger charge is 2.46. The maximum Gasteiger partial charge on any atom is 0.322 e. The van der Waals surface area contributed by atoms with E-state index in [1.807, 2.05) is 17.9 Å². The maximum absolute atomic E-state index is 12.6. The Morgan fingerprint density at radius 3 is 2.75 bits per heavy atom. The number of piperidine rings is 1. The lowest BCUT2D eigenvalue weighted by molar-refractivity contribution is -0.00600. The van der Waals surface area contributed by atoms with Gasteiger partial charge in [-0.15, -0.1) is 0 Å². The van der Waals surface area contributed by atoms with Gasteiger partial charge in [-0.05, 0) is 50.3 Å². The smallest absolute Gasteiger partial charge is 0.322 e. The van der Waals surface area contributed by atoms with Gasteiger partial charge in [0.1, 0.15) is 6.26 Å². The molecule has 1 aromatic heterocycles. The van der Waals surface area contributed by atoms with Gasteiger partial charge in [0.15, 0.2) is 0 Å². The van der Waals surface area contributed by atoms with Crippen LogP contribution in [-0.2, 0) is 0 Å². The number of urea groups is 1. The SMILES string of the molecule is Cc1coc(-c2cc(NC(=O)N3C4CC(C)CC3C4)ccc2Cl)n1. The summed E-state index contributed by atoms with van der Waals surface area (Å²) in [7, 11) is 0. The number of benzene rings is 1. The fraction of sp³-hybridized carbons (Fsp3) is 0.444. The summed E-state index contributed by atoms with van der Waals surface area (Å²) < 4.78 is 5.42. The fourth-order valence-electron chi connectivity index (χ4n) is 3.91. The number of nitrogens with zero attached hydrogens (tertiary/aromatic N) is 2. The predicted octanol–water partition coefficient (Wildman–Crippen LogP) is 4.71. The molecule has 0 aliphatic carbocycles. The number of aromatic nitrogens is 1. The van der Waals surface area contributed by atoms with Crippen molar-refractivity contribution < 1.29 is 9.21 Å². The molecule has 2 aromatic rings. The van der Waals surface area contributed by atoms with Crippen molar-refractivity contribution >= 4 is 23.3 Å². The highest BCUT2D eigenvalue weighted by atomic mass is 35.5. The molecule has 3 heterocycles. The normalized spacial score (nSPS) is 25.3. The lowest BCUT2D eigenvalue weighted by Gasteiger charge is -2.54. The maximum atomic E-state index is 12.6. The Labute approximate surface area is 146 Å². The quantitative estimate of drug-likeness (QED) is 0.857. The zero-order valence-corrected chi connectivity index (χ0v) is 14.5. The summed E-state index contributed by atoms with van der Waals surface area (Å²) in [5, 5.41) is 3.54. The number of amides is 2. The lowest BCUT2D eigenvalue weighted by atomic mass is 9.74. The van der Waals surface area contributed by atoms with Crippen molar-refractivity contribution in [3.8, 4) is 11.5 Å². The lowest BCUT2D eigenvalue weighted by Crippen LogP contribution is -2.63. The molecule has 5 nitrogen and oxygen atoms in total. The van der Waals surface area contributed by atoms with Crippen molar-refractivity contribution in [2.24, 2.45) is 5.92 Å². The monoisotopic (exact) mass is 345 g/mol. The molecule has 1 aromatic carbocycles. The van der Waals surface area contributed by atoms with Crippen LogP contribution in [0.2, 0.25) is 5.02 Å². The Morgan fingerprint density at radius 1 is 1.33 bits per heavy atom. The number of fused-ring (bicyclic) bond motifs is 2. The Hall–Kier alpha value is -2.01. The summed E-state index contributed by atoms with van der Waals surface area (Å²) in [6, 6.07) is 6.12. The average molecular weight is 346 g/mol. The molecule has 0 spiro atoms. The number of hydrogen-bond acceptors (Lipinski definition) is 3. The first-order chi connectivity index (χ1) is 11.5. The minimum atomic E-state index is -0.0278. The highest BCUT2D eigenvalue weighted by Crippen LogP contribution is 2.41. The standard InChI is InChI=1S/C18H20ClN3O2/c1-10-5-13-8-14(6-10)22(13)18(23)21-12-3-4-16(19)15(7-12)17-20-11(2)9-24-17/h3-4,7,9-10,13-14H,5-6,8H2,1-2H3,(H,21,23). The summed E-state index contributed by atoms with van der Waals surface area (Å²) in [5.41, 5.74) is 2.17. The third kappa shape index (κ3) is 2.67. The molecule has 2 aliphatic heterocycles. The predicted molar refractivity (Wildman–Crippen MR) is 93.1 cm³/mol. The Morgan fingerprint density at radius 2 is 2.08 bits per heavy atom. The fourth-order valence-corrected chi connectivity index (χ4v) is 4.11. The van der Waals surface area contributed by atoms with E-state index < -0.39 is 0 Å². The average Bonchev–Trinajstić information content (AvgIpc) is 2.95. The van der Waals surface area contributed by atoms with Crippen LogP contribution in [0.1, 0.15) is 31.9 Å². The molecular formula is C18H20ClN3O2. The van der Waals surface area contributed by atoms with E-state index in [4.69, 9.17) is 16.0 Å². The van der Waals surface area contributed by atoms with Crippen LogP contribution in [0.15, 0.2) is 28.9 Å². The van der Waals surface area contributed by atoms with Crippen LogP contribution in [0.25, 0.3) is 11.5 Å². The van der Waals surface area contributed by atoms with Gasteiger partial charge in [0.25, 0.3) is 0 Å². The summed E-state index contributed by atoms with van der Waals surface area (Å²) >= 11 is 6.25. The minimum absolute atomic E-state index is 0.0278. The van der Waals surface area contributed by atoms with Crippen molar-refractivity contribution in [1.29, 1.82) is 0 Å². The second-order valence-electron chi connectivity index (χ2n) is 6.95. The molecule has 6 heteroatoms. The molecule has 0 radical (unpaired) electrons. The molecule has 0 saturated carbocycles. The zero-order valence-electron chi connectivity index (χ0n) is 13.8. The molecule has 2 bridgehead atoms. The van der Waals surface area contributed by atoms with Crippen molar-refractivity contribution in [3.05, 3.63) is 35.2 Å². The number of anilines is 1. The first-order valence-electron chi connectivity index (χ1n) is 8.32. The molecule has 126 valence electrons. The number of aryl methyl sites for hydroxylation is 1. The van der Waals surface area contributed by atoms with Gasteiger partial charge in [-0.2, -0.15) is 0 Å². The van der Waals surface area contributed by atoms with E-state index in [9.17, 15) is 4.79 Å². The van der Waals surface area contributed by atoms with Gasteiger partial charge < -0.3 is 14.6 Å². The van der Waals surface area contributed by atoms with E-state index in [1.54, 1.807) is 18.4 Å². The molecule has 2 aliphatic rings. The van der Waals surface area contributed by atoms with Gasteiger partial charge in [-0.25, -0.2) is 9.78 Å². The second kappa shape index (κ2) is 5.81. The van der Waals surface area contributed by atoms with Crippen LogP contribution < -0.4 is 5.32 Å². The van der Waals surface area contributed by atoms with E-state index in [1.165, 1.54) is 0 Å². The van der Waals surface area contributed by atoms with E-state index in [0.717, 1.165) is 25.0 Å². The number of carbonyl (C=O) groups is 1. The summed E-state index contributed by atoms with van der Waals surface area (Å²) in [5.74, 6) is 1.18. The van der Waals surface area contributed by atoms with Gasteiger partial charge in [0, 0.05) is 17.8 Å². The van der Waals surface area contributed by atoms with Crippen LogP contribution in [0, 0.1) is 12.8 Å². The third-order valence-electron chi connectivity index (χ3n) is 4.98. The van der Waals surface area contributed by atoms with Crippen LogP contribution in [-0.4, -0.2) is 28.0 Å². The van der Waals surface area contributed by atoms with Crippen LogP contribution in [0.4, 0.5) is 10.5 Å². The van der Waals surface area contributed by atoms with E-state index in [2.05, 4.69) is 17.2 Å². The molecule has 2 atom stereocenters. The topological polar surface area (TPSA) is 58.4 Å². The van der Waals surface area contributed by atoms with Crippen LogP contribution in [0.5, 0.6) is 0 Å². The molecule has 24 heavy (non-hydrogen) atoms. The molecule has 2 amide bonds. The van der Waals surface area contributed by atoms with Crippen LogP contribution in [0.3, 0.4) is 0 Å². The van der Waals surface area contributed by atoms with Gasteiger partial charge in [0.05, 0.1) is 16.3 Å². The molecule has 2 fully saturated rings. The third-order valence-corrected chi connectivity index (χ3v) is 5.31. The second-order valence-corrected chi connectivity index (χ2v) is 7.35. The Balaban J connectivity index is 1.52. The largest absolute Gasteiger partial charge is 0.444 e. The van der Waals surface area contributed by atoms with Crippen LogP contribution >= 0.6 is 11.6 Å². The van der Waals surface area contributed by atoms with Crippen molar-refractivity contribution in [2.45, 2.75) is 45.2 Å². The minimum Gasteiger partial charge on any atom is -0.444 e. The molecule has 2 saturated heterocycles. The number of hydrogen-bond donors (Lipinski definition) is 1. The van der Waals surface area contributed by atoms with E-state index in [0.29, 0.717) is 40.2 Å². The summed E-state index contributed by atoms with van der Waals surface area (Å²) in [4.78, 5) is 18.9. The number of nitrogens with one attached hydrogen (secondary N) is 1. The van der Waals surface area contributed by atoms with E-state index >= 15 is 0 Å². The number of halogens is 1. The van der Waals surface area contributed by atoms with Crippen molar-refractivity contribution in [2.75, 3.05) is 5.32 Å². The number of carbonyl (C=O) groups excluding carboxylic acids is 1. The molecule has 2 unspecified atom stereocenters. The van der Waals surface area contributed by atoms with E-state index in [-0.39, 0.29) is 6.03 Å². The summed E-state index contributed by atoms with van der Waals surface area (Å²) in [6.45, 7) is 4.12. The zero-order chi connectivity index (χ0) is 16.8. The highest BCUT2D eigenvalue weighted by molar-refractivity contribution is 6.33.